The number of aliphatic hydroxyl groups is 1. The molecular weight excluding hydrogens is 490 g/mol. The highest BCUT2D eigenvalue weighted by Gasteiger charge is 2.49. The number of piperazine rings is 1. The zero-order valence-corrected chi connectivity index (χ0v) is 25.2. The van der Waals surface area contributed by atoms with Crippen molar-refractivity contribution in [3.63, 3.8) is 0 Å². The van der Waals surface area contributed by atoms with Crippen LogP contribution in [0.5, 0.6) is 5.75 Å². The predicted molar refractivity (Wildman–Crippen MR) is 160 cm³/mol. The van der Waals surface area contributed by atoms with Crippen LogP contribution >= 0.6 is 0 Å². The van der Waals surface area contributed by atoms with Gasteiger partial charge in [0.15, 0.2) is 5.82 Å². The van der Waals surface area contributed by atoms with Crippen molar-refractivity contribution < 1.29 is 14.6 Å². The molecule has 2 atom stereocenters. The number of benzene rings is 1. The molecule has 4 rings (SSSR count). The highest BCUT2D eigenvalue weighted by atomic mass is 16.5. The van der Waals surface area contributed by atoms with E-state index in [0.29, 0.717) is 32.6 Å². The van der Waals surface area contributed by atoms with Crippen LogP contribution < -0.4 is 19.4 Å². The van der Waals surface area contributed by atoms with Crippen LogP contribution in [0.4, 0.5) is 17.3 Å². The van der Waals surface area contributed by atoms with E-state index in [9.17, 15) is 9.90 Å². The number of aryl methyl sites for hydroxylation is 2. The summed E-state index contributed by atoms with van der Waals surface area (Å²) in [7, 11) is 0. The summed E-state index contributed by atoms with van der Waals surface area (Å²) in [4.78, 5) is 27.8. The molecule has 0 spiro atoms. The molecule has 8 nitrogen and oxygen atoms in total. The van der Waals surface area contributed by atoms with Gasteiger partial charge in [0.05, 0.1) is 5.69 Å². The minimum Gasteiger partial charge on any atom is -0.474 e. The van der Waals surface area contributed by atoms with Crippen molar-refractivity contribution in [3.05, 3.63) is 40.5 Å². The first-order valence-electron chi connectivity index (χ1n) is 14.6. The lowest BCUT2D eigenvalue weighted by atomic mass is 9.84. The number of carbonyl (C=O) groups is 1. The Morgan fingerprint density at radius 1 is 1.00 bits per heavy atom. The van der Waals surface area contributed by atoms with E-state index in [-0.39, 0.29) is 5.91 Å². The van der Waals surface area contributed by atoms with Crippen LogP contribution in [-0.2, 0) is 11.2 Å². The molecule has 0 radical (unpaired) electrons. The summed E-state index contributed by atoms with van der Waals surface area (Å²) in [5, 5.41) is 11.2. The lowest BCUT2D eigenvalue weighted by Gasteiger charge is -2.44. The minimum atomic E-state index is -1.31. The summed E-state index contributed by atoms with van der Waals surface area (Å²) in [6.07, 6.45) is -0.488. The molecule has 1 amide bonds. The van der Waals surface area contributed by atoms with E-state index >= 15 is 0 Å². The number of ether oxygens (including phenoxy) is 1. The van der Waals surface area contributed by atoms with Crippen LogP contribution in [0.3, 0.4) is 0 Å². The zero-order chi connectivity index (χ0) is 28.5. The maximum Gasteiger partial charge on any atom is 0.269 e. The molecule has 2 aromatic rings. The number of hydrogen-bond acceptors (Lipinski definition) is 7. The average molecular weight is 538 g/mol. The molecule has 1 N–H and O–H groups in total. The summed E-state index contributed by atoms with van der Waals surface area (Å²) < 4.78 is 6.42. The van der Waals surface area contributed by atoms with Gasteiger partial charge in [-0.2, -0.15) is 0 Å². The molecule has 2 aliphatic rings. The van der Waals surface area contributed by atoms with Crippen molar-refractivity contribution in [2.45, 2.75) is 73.5 Å². The van der Waals surface area contributed by atoms with Gasteiger partial charge in [0.2, 0.25) is 5.60 Å². The lowest BCUT2D eigenvalue weighted by Crippen LogP contribution is -2.63. The molecule has 1 aromatic carbocycles. The van der Waals surface area contributed by atoms with E-state index < -0.39 is 11.7 Å². The highest BCUT2D eigenvalue weighted by molar-refractivity contribution is 5.87. The van der Waals surface area contributed by atoms with Crippen LogP contribution in [0.1, 0.15) is 56.9 Å². The Morgan fingerprint density at radius 2 is 1.62 bits per heavy atom. The van der Waals surface area contributed by atoms with Crippen molar-refractivity contribution >= 4 is 23.2 Å². The highest BCUT2D eigenvalue weighted by Crippen LogP contribution is 2.40. The number of fused-ring (bicyclic) bond motifs is 1. The number of carbonyl (C=O) groups excluding carboxylic acids is 1. The summed E-state index contributed by atoms with van der Waals surface area (Å²) >= 11 is 0. The van der Waals surface area contributed by atoms with Crippen molar-refractivity contribution in [3.8, 4) is 5.75 Å². The van der Waals surface area contributed by atoms with Crippen molar-refractivity contribution in [2.75, 3.05) is 67.1 Å². The quantitative estimate of drug-likeness (QED) is 0.544. The van der Waals surface area contributed by atoms with Gasteiger partial charge in [-0.05, 0) is 84.2 Å². The van der Waals surface area contributed by atoms with Crippen molar-refractivity contribution in [2.24, 2.45) is 0 Å². The van der Waals surface area contributed by atoms with Crippen LogP contribution in [0, 0.1) is 20.8 Å². The Morgan fingerprint density at radius 3 is 2.21 bits per heavy atom. The van der Waals surface area contributed by atoms with Crippen LogP contribution in [-0.4, -0.2) is 85.0 Å². The molecule has 39 heavy (non-hydrogen) atoms. The molecule has 0 saturated carbocycles. The first-order chi connectivity index (χ1) is 18.6. The normalized spacial score (nSPS) is 20.9. The molecule has 1 aromatic heterocycles. The lowest BCUT2D eigenvalue weighted by molar-refractivity contribution is -0.159. The fourth-order valence-electron chi connectivity index (χ4n) is 5.98. The third-order valence-corrected chi connectivity index (χ3v) is 8.79. The molecule has 2 aliphatic heterocycles. The Balaban J connectivity index is 1.56. The van der Waals surface area contributed by atoms with E-state index in [4.69, 9.17) is 9.72 Å². The number of anilines is 3. The number of hydrogen-bond donors (Lipinski definition) is 1. The number of pyridine rings is 1. The molecule has 0 aliphatic carbocycles. The van der Waals surface area contributed by atoms with Crippen LogP contribution in [0.15, 0.2) is 18.2 Å². The van der Waals surface area contributed by atoms with Gasteiger partial charge in [-0.15, -0.1) is 0 Å². The number of nitrogens with zero attached hydrogens (tertiary/aromatic N) is 5. The fraction of sp³-hybridized carbons (Fsp3) is 0.613. The van der Waals surface area contributed by atoms with Gasteiger partial charge in [0, 0.05) is 64.3 Å². The van der Waals surface area contributed by atoms with Crippen LogP contribution in [0.2, 0.25) is 0 Å². The van der Waals surface area contributed by atoms with Crippen molar-refractivity contribution in [1.29, 1.82) is 0 Å². The molecule has 1 saturated heterocycles. The first-order valence-corrected chi connectivity index (χ1v) is 14.6. The zero-order valence-electron chi connectivity index (χ0n) is 25.2. The molecule has 8 heteroatoms. The van der Waals surface area contributed by atoms with Gasteiger partial charge in [0.1, 0.15) is 17.7 Å². The monoisotopic (exact) mass is 537 g/mol. The molecule has 0 bridgehead atoms. The summed E-state index contributed by atoms with van der Waals surface area (Å²) in [5.74, 6) is 2.57. The summed E-state index contributed by atoms with van der Waals surface area (Å²) in [6.45, 7) is 22.6. The summed E-state index contributed by atoms with van der Waals surface area (Å²) in [5.41, 5.74) is 4.09. The second-order valence-electron chi connectivity index (χ2n) is 11.0. The first kappa shape index (κ1) is 29.0. The van der Waals surface area contributed by atoms with Gasteiger partial charge in [-0.3, -0.25) is 4.79 Å². The fourth-order valence-corrected chi connectivity index (χ4v) is 5.98. The summed E-state index contributed by atoms with van der Waals surface area (Å²) in [6, 6.07) is 6.44. The smallest absolute Gasteiger partial charge is 0.269 e. The van der Waals surface area contributed by atoms with Gasteiger partial charge in [-0.25, -0.2) is 4.98 Å². The third-order valence-electron chi connectivity index (χ3n) is 8.79. The second-order valence-corrected chi connectivity index (χ2v) is 11.0. The third kappa shape index (κ3) is 5.28. The molecule has 1 fully saturated rings. The maximum atomic E-state index is 13.9. The van der Waals surface area contributed by atoms with Gasteiger partial charge in [0.25, 0.3) is 5.91 Å². The number of aliphatic hydroxyl groups excluding tert-OH is 1. The minimum absolute atomic E-state index is 0.146. The average Bonchev–Trinajstić information content (AvgIpc) is 2.94. The number of aromatic nitrogens is 1. The Kier molecular flexibility index (Phi) is 8.64. The Hall–Kier alpha value is -3.00. The Bertz CT molecular complexity index is 1190. The molecule has 2 unspecified atom stereocenters. The predicted octanol–water partition coefficient (Wildman–Crippen LogP) is 4.10. The van der Waals surface area contributed by atoms with E-state index in [1.165, 1.54) is 0 Å². The number of amides is 1. The van der Waals surface area contributed by atoms with Gasteiger partial charge < -0.3 is 29.4 Å². The van der Waals surface area contributed by atoms with E-state index in [1.807, 2.05) is 18.7 Å². The number of rotatable bonds is 8. The molecule has 3 heterocycles. The van der Waals surface area contributed by atoms with Gasteiger partial charge in [-0.1, -0.05) is 6.07 Å². The Labute approximate surface area is 234 Å². The van der Waals surface area contributed by atoms with Crippen LogP contribution in [0.25, 0.3) is 0 Å². The molecular formula is C31H47N5O3. The maximum absolute atomic E-state index is 13.9. The van der Waals surface area contributed by atoms with E-state index in [1.54, 1.807) is 6.92 Å². The topological polar surface area (TPSA) is 72.4 Å². The van der Waals surface area contributed by atoms with Crippen molar-refractivity contribution in [1.82, 2.24) is 9.88 Å². The largest absolute Gasteiger partial charge is 0.474 e. The van der Waals surface area contributed by atoms with E-state index in [2.05, 4.69) is 67.5 Å². The van der Waals surface area contributed by atoms with E-state index in [0.717, 1.165) is 71.5 Å². The van der Waals surface area contributed by atoms with Gasteiger partial charge >= 0.3 is 0 Å². The SMILES string of the molecule is CCN(CC)c1ccc(N(CC)CC)c(N2CCN(C(=O)C3(C)Oc4c(C)c(C)cc(C)c4CC3O)CC2)n1. The molecule has 214 valence electrons. The second kappa shape index (κ2) is 11.6. The standard InChI is InChI=1S/C31H47N5O3/c1-9-33(10-2)25-13-14-27(34(11-3)12-4)32-29(25)35-15-17-36(18-16-35)30(38)31(8)26(37)20-24-22(6)19-21(5)23(7)28(24)39-31/h13-14,19,26,37H,9-12,15-18,20H2,1-8H3.